The van der Waals surface area contributed by atoms with Gasteiger partial charge in [0.2, 0.25) is 4.90 Å². The molecule has 34 heavy (non-hydrogen) atoms. The van der Waals surface area contributed by atoms with E-state index in [1.807, 2.05) is 65.6 Å². The molecule has 178 valence electrons. The maximum atomic E-state index is 13.3. The Kier molecular flexibility index (Phi) is 7.95. The Labute approximate surface area is 203 Å². The summed E-state index contributed by atoms with van der Waals surface area (Å²) in [6.45, 7) is 2.80. The van der Waals surface area contributed by atoms with Crippen LogP contribution in [0.25, 0.3) is 11.1 Å². The van der Waals surface area contributed by atoms with Crippen molar-refractivity contribution < 1.29 is 14.1 Å². The first kappa shape index (κ1) is 23.9. The predicted molar refractivity (Wildman–Crippen MR) is 138 cm³/mol. The van der Waals surface area contributed by atoms with Crippen molar-refractivity contribution in [2.45, 2.75) is 17.7 Å². The van der Waals surface area contributed by atoms with Crippen LogP contribution in [0.5, 0.6) is 5.75 Å². The highest BCUT2D eigenvalue weighted by Crippen LogP contribution is 2.32. The predicted octanol–water partition coefficient (Wildman–Crippen LogP) is 4.10. The van der Waals surface area contributed by atoms with Crippen molar-refractivity contribution >= 4 is 28.6 Å². The highest BCUT2D eigenvalue weighted by atomic mass is 32.2. The zero-order valence-corrected chi connectivity index (χ0v) is 20.1. The molecule has 1 atom stereocenters. The summed E-state index contributed by atoms with van der Waals surface area (Å²) >= 11 is -1.56. The molecule has 1 unspecified atom stereocenters. The van der Waals surface area contributed by atoms with Crippen LogP contribution in [-0.4, -0.2) is 48.6 Å². The van der Waals surface area contributed by atoms with Crippen LogP contribution < -0.4 is 20.5 Å². The molecule has 1 aliphatic heterocycles. The molecular weight excluding hydrogens is 448 g/mol. The second-order valence-electron chi connectivity index (χ2n) is 8.11. The third-order valence-electron chi connectivity index (χ3n) is 5.75. The number of nitrogens with two attached hydrogens (primary N) is 1. The fourth-order valence-electron chi connectivity index (χ4n) is 4.01. The van der Waals surface area contributed by atoms with Crippen molar-refractivity contribution in [3.05, 3.63) is 72.3 Å². The van der Waals surface area contributed by atoms with Crippen LogP contribution in [0.1, 0.15) is 23.2 Å². The number of ether oxygens (including phenoxy) is 1. The first-order valence-corrected chi connectivity index (χ1v) is 12.5. The first-order chi connectivity index (χ1) is 16.6. The number of hydrogen-bond donors (Lipinski definition) is 3. The van der Waals surface area contributed by atoms with Gasteiger partial charge in [-0.25, -0.2) is 4.72 Å². The molecule has 1 amide bonds. The van der Waals surface area contributed by atoms with Crippen LogP contribution in [0.15, 0.2) is 71.6 Å². The molecule has 0 radical (unpaired) electrons. The molecular formula is C26H30N4O3S. The van der Waals surface area contributed by atoms with Gasteiger partial charge in [0, 0.05) is 43.5 Å². The van der Waals surface area contributed by atoms with Crippen molar-refractivity contribution in [3.63, 3.8) is 0 Å². The molecule has 8 heteroatoms. The number of benzene rings is 3. The minimum Gasteiger partial charge on any atom is -0.588 e. The summed E-state index contributed by atoms with van der Waals surface area (Å²) in [5, 5.41) is 3.22. The maximum Gasteiger partial charge on any atom is 0.253 e. The van der Waals surface area contributed by atoms with Gasteiger partial charge in [-0.1, -0.05) is 24.3 Å². The van der Waals surface area contributed by atoms with E-state index in [4.69, 9.17) is 10.5 Å². The van der Waals surface area contributed by atoms with E-state index in [1.165, 1.54) is 0 Å². The Balaban J connectivity index is 1.57. The van der Waals surface area contributed by atoms with Gasteiger partial charge < -0.3 is 25.2 Å². The number of nitrogens with zero attached hydrogens (tertiary/aromatic N) is 1. The molecule has 0 bridgehead atoms. The average Bonchev–Trinajstić information content (AvgIpc) is 3.42. The van der Waals surface area contributed by atoms with Gasteiger partial charge >= 0.3 is 0 Å². The Morgan fingerprint density at radius 1 is 1.03 bits per heavy atom. The molecule has 3 aromatic carbocycles. The molecule has 1 saturated heterocycles. The minimum absolute atomic E-state index is 0.0569. The summed E-state index contributed by atoms with van der Waals surface area (Å²) in [5.74, 6) is 0.581. The molecule has 0 spiro atoms. The van der Waals surface area contributed by atoms with Crippen molar-refractivity contribution in [2.75, 3.05) is 43.3 Å². The number of carbonyl (C=O) groups excluding carboxylic acids is 1. The summed E-state index contributed by atoms with van der Waals surface area (Å²) in [6, 6.07) is 20.7. The summed E-state index contributed by atoms with van der Waals surface area (Å²) in [5.41, 5.74) is 9.58. The van der Waals surface area contributed by atoms with Crippen LogP contribution in [0, 0.1) is 0 Å². The zero-order chi connectivity index (χ0) is 23.9. The number of likely N-dealkylation sites (tertiary alicyclic amines) is 1. The van der Waals surface area contributed by atoms with E-state index in [0.29, 0.717) is 35.0 Å². The Morgan fingerprint density at radius 3 is 2.53 bits per heavy atom. The van der Waals surface area contributed by atoms with Crippen molar-refractivity contribution in [1.29, 1.82) is 0 Å². The molecule has 1 aliphatic rings. The van der Waals surface area contributed by atoms with E-state index >= 15 is 0 Å². The van der Waals surface area contributed by atoms with Crippen molar-refractivity contribution in [2.24, 2.45) is 5.73 Å². The quantitative estimate of drug-likeness (QED) is 0.400. The highest BCUT2D eigenvalue weighted by Gasteiger charge is 2.22. The molecule has 1 heterocycles. The average molecular weight is 479 g/mol. The summed E-state index contributed by atoms with van der Waals surface area (Å²) in [4.78, 5) is 15.3. The summed E-state index contributed by atoms with van der Waals surface area (Å²) in [7, 11) is 1.56. The molecule has 4 rings (SSSR count). The normalized spacial score (nSPS) is 14.0. The summed E-state index contributed by atoms with van der Waals surface area (Å²) < 4.78 is 21.8. The van der Waals surface area contributed by atoms with E-state index in [9.17, 15) is 9.35 Å². The fraction of sp³-hybridized carbons (Fsp3) is 0.269. The third kappa shape index (κ3) is 5.64. The molecule has 1 fully saturated rings. The van der Waals surface area contributed by atoms with Crippen LogP contribution in [0.4, 0.5) is 11.4 Å². The molecule has 7 nitrogen and oxygen atoms in total. The molecule has 0 aromatic heterocycles. The molecule has 0 aliphatic carbocycles. The lowest BCUT2D eigenvalue weighted by Crippen LogP contribution is -2.27. The van der Waals surface area contributed by atoms with Gasteiger partial charge in [-0.15, -0.1) is 0 Å². The zero-order valence-electron chi connectivity index (χ0n) is 19.3. The fourth-order valence-corrected chi connectivity index (χ4v) is 5.03. The Hall–Kier alpha value is -3.20. The molecule has 0 saturated carbocycles. The topological polar surface area (TPSA) is 103 Å². The van der Waals surface area contributed by atoms with Crippen LogP contribution >= 0.6 is 0 Å². The Morgan fingerprint density at radius 2 is 1.76 bits per heavy atom. The maximum absolute atomic E-state index is 13.3. The highest BCUT2D eigenvalue weighted by molar-refractivity contribution is 7.92. The van der Waals surface area contributed by atoms with Gasteiger partial charge in [0.15, 0.2) is 5.75 Å². The van der Waals surface area contributed by atoms with Crippen LogP contribution in [-0.2, 0) is 11.4 Å². The monoisotopic (exact) mass is 478 g/mol. The number of amides is 1. The number of nitrogens with one attached hydrogen (secondary N) is 2. The van der Waals surface area contributed by atoms with Crippen LogP contribution in [0.2, 0.25) is 0 Å². The van der Waals surface area contributed by atoms with E-state index in [2.05, 4.69) is 10.0 Å². The number of methoxy groups -OCH3 is 1. The Bertz CT molecular complexity index is 1130. The van der Waals surface area contributed by atoms with E-state index in [-0.39, 0.29) is 5.91 Å². The molecule has 3 aromatic rings. The number of anilines is 2. The lowest BCUT2D eigenvalue weighted by molar-refractivity contribution is 0.0793. The van der Waals surface area contributed by atoms with Gasteiger partial charge in [-0.05, 0) is 60.4 Å². The van der Waals surface area contributed by atoms with Gasteiger partial charge in [0.25, 0.3) is 5.91 Å². The van der Waals surface area contributed by atoms with Crippen molar-refractivity contribution in [3.8, 4) is 16.9 Å². The number of carbonyl (C=O) groups is 1. The number of rotatable bonds is 9. The van der Waals surface area contributed by atoms with Crippen LogP contribution in [0.3, 0.4) is 0 Å². The second-order valence-corrected chi connectivity index (χ2v) is 9.29. The van der Waals surface area contributed by atoms with Gasteiger partial charge in [0.05, 0.1) is 12.8 Å². The second kappa shape index (κ2) is 11.3. The minimum atomic E-state index is -1.56. The van der Waals surface area contributed by atoms with Gasteiger partial charge in [0.1, 0.15) is 11.4 Å². The first-order valence-electron chi connectivity index (χ1n) is 11.4. The lowest BCUT2D eigenvalue weighted by atomic mass is 10.0. The summed E-state index contributed by atoms with van der Waals surface area (Å²) in [6.07, 6.45) is 2.11. The SMILES string of the molecule is COc1ccc(-c2cccc(C(=O)N3CCCC3)c2)cc1[S+]([O-])Nc1cccc(NCCN)c1. The largest absolute Gasteiger partial charge is 0.588 e. The van der Waals surface area contributed by atoms with Crippen molar-refractivity contribution in [1.82, 2.24) is 4.90 Å². The van der Waals surface area contributed by atoms with E-state index < -0.39 is 11.4 Å². The van der Waals surface area contributed by atoms with Gasteiger partial charge in [-0.2, -0.15) is 0 Å². The smallest absolute Gasteiger partial charge is 0.253 e. The lowest BCUT2D eigenvalue weighted by Gasteiger charge is -2.17. The standard InChI is InChI=1S/C26H30N4O3S/c1-33-24-11-10-20(19-6-4-7-21(16-19)26(31)30-14-2-3-15-30)17-25(24)34(32)29-23-9-5-8-22(18-23)28-13-12-27/h4-11,16-18,28-29H,2-3,12-15,27H2,1H3. The number of hydrogen-bond acceptors (Lipinski definition) is 6. The molecule has 4 N–H and O–H groups in total. The van der Waals surface area contributed by atoms with E-state index in [0.717, 1.165) is 42.7 Å². The third-order valence-corrected chi connectivity index (χ3v) is 6.89. The van der Waals surface area contributed by atoms with E-state index in [1.54, 1.807) is 13.2 Å². The van der Waals surface area contributed by atoms with Gasteiger partial charge in [-0.3, -0.25) is 4.79 Å².